The fourth-order valence-corrected chi connectivity index (χ4v) is 2.34. The molecule has 0 radical (unpaired) electrons. The molecule has 78 valence electrons. The molecule has 0 aromatic carbocycles. The lowest BCUT2D eigenvalue weighted by atomic mass is 9.74. The summed E-state index contributed by atoms with van der Waals surface area (Å²) in [5.74, 6) is 1.58. The van der Waals surface area contributed by atoms with Gasteiger partial charge in [0.05, 0.1) is 12.8 Å². The van der Waals surface area contributed by atoms with Crippen LogP contribution in [0.4, 0.5) is 4.39 Å². The molecule has 0 amide bonds. The monoisotopic (exact) mass is 188 g/mol. The van der Waals surface area contributed by atoms with E-state index < -0.39 is 0 Å². The van der Waals surface area contributed by atoms with Crippen molar-refractivity contribution in [2.75, 3.05) is 6.67 Å². The lowest BCUT2D eigenvalue weighted by Gasteiger charge is -2.34. The molecule has 1 aliphatic rings. The standard InChI is InChI=1S/C11H21FO/c1-8(2)9-3-4-11(13)10(7-9)5-6-12/h8-11,13H,3-7H2,1-2H3. The summed E-state index contributed by atoms with van der Waals surface area (Å²) < 4.78 is 12.2. The third-order valence-corrected chi connectivity index (χ3v) is 3.41. The van der Waals surface area contributed by atoms with Gasteiger partial charge in [-0.2, -0.15) is 0 Å². The fraction of sp³-hybridized carbons (Fsp3) is 1.00. The first-order chi connectivity index (χ1) is 6.15. The Kier molecular flexibility index (Phi) is 4.17. The molecule has 0 bridgehead atoms. The lowest BCUT2D eigenvalue weighted by Crippen LogP contribution is -2.31. The summed E-state index contributed by atoms with van der Waals surface area (Å²) in [5, 5.41) is 9.63. The van der Waals surface area contributed by atoms with Crippen molar-refractivity contribution in [2.24, 2.45) is 17.8 Å². The fourth-order valence-electron chi connectivity index (χ4n) is 2.34. The minimum atomic E-state index is -0.285. The van der Waals surface area contributed by atoms with E-state index in [0.29, 0.717) is 18.3 Å². The average Bonchev–Trinajstić information content (AvgIpc) is 2.08. The molecule has 1 fully saturated rings. The summed E-state index contributed by atoms with van der Waals surface area (Å²) in [6, 6.07) is 0. The molecule has 3 unspecified atom stereocenters. The SMILES string of the molecule is CC(C)C1CCC(O)C(CCF)C1. The van der Waals surface area contributed by atoms with E-state index in [1.54, 1.807) is 0 Å². The van der Waals surface area contributed by atoms with Crippen LogP contribution in [0.3, 0.4) is 0 Å². The molecule has 3 atom stereocenters. The smallest absolute Gasteiger partial charge is 0.0898 e. The highest BCUT2D eigenvalue weighted by Gasteiger charge is 2.29. The highest BCUT2D eigenvalue weighted by Crippen LogP contribution is 2.35. The minimum absolute atomic E-state index is 0.214. The van der Waals surface area contributed by atoms with Gasteiger partial charge >= 0.3 is 0 Å². The average molecular weight is 188 g/mol. The molecule has 1 nitrogen and oxygen atoms in total. The van der Waals surface area contributed by atoms with Gasteiger partial charge in [-0.3, -0.25) is 4.39 Å². The summed E-state index contributed by atoms with van der Waals surface area (Å²) in [6.07, 6.45) is 3.30. The lowest BCUT2D eigenvalue weighted by molar-refractivity contribution is 0.0305. The zero-order valence-electron chi connectivity index (χ0n) is 8.67. The first-order valence-electron chi connectivity index (χ1n) is 5.39. The summed E-state index contributed by atoms with van der Waals surface area (Å²) in [4.78, 5) is 0. The first-order valence-corrected chi connectivity index (χ1v) is 5.39. The number of alkyl halides is 1. The van der Waals surface area contributed by atoms with E-state index in [1.807, 2.05) is 0 Å². The molecule has 0 saturated heterocycles. The molecular formula is C11H21FO. The van der Waals surface area contributed by atoms with Gasteiger partial charge in [-0.15, -0.1) is 0 Å². The number of hydrogen-bond donors (Lipinski definition) is 1. The van der Waals surface area contributed by atoms with Gasteiger partial charge in [-0.1, -0.05) is 13.8 Å². The molecule has 0 aromatic rings. The summed E-state index contributed by atoms with van der Waals surface area (Å²) >= 11 is 0. The maximum absolute atomic E-state index is 12.2. The van der Waals surface area contributed by atoms with Gasteiger partial charge in [0.1, 0.15) is 0 Å². The molecule has 0 aliphatic heterocycles. The molecule has 1 N–H and O–H groups in total. The van der Waals surface area contributed by atoms with Gasteiger partial charge in [-0.05, 0) is 43.4 Å². The van der Waals surface area contributed by atoms with Crippen LogP contribution in [-0.4, -0.2) is 17.9 Å². The van der Waals surface area contributed by atoms with Gasteiger partial charge in [-0.25, -0.2) is 0 Å². The van der Waals surface area contributed by atoms with Crippen molar-refractivity contribution >= 4 is 0 Å². The van der Waals surface area contributed by atoms with Crippen LogP contribution in [-0.2, 0) is 0 Å². The van der Waals surface area contributed by atoms with E-state index in [4.69, 9.17) is 0 Å². The van der Waals surface area contributed by atoms with Crippen LogP contribution >= 0.6 is 0 Å². The number of aliphatic hydroxyl groups is 1. The molecule has 0 spiro atoms. The Bertz CT molecular complexity index is 147. The zero-order valence-corrected chi connectivity index (χ0v) is 8.67. The number of hydrogen-bond acceptors (Lipinski definition) is 1. The molecule has 13 heavy (non-hydrogen) atoms. The molecule has 1 saturated carbocycles. The van der Waals surface area contributed by atoms with Crippen LogP contribution in [0.15, 0.2) is 0 Å². The van der Waals surface area contributed by atoms with Gasteiger partial charge < -0.3 is 5.11 Å². The van der Waals surface area contributed by atoms with Crippen LogP contribution in [0.2, 0.25) is 0 Å². The van der Waals surface area contributed by atoms with Crippen molar-refractivity contribution in [3.05, 3.63) is 0 Å². The third kappa shape index (κ3) is 2.94. The Hall–Kier alpha value is -0.110. The van der Waals surface area contributed by atoms with E-state index >= 15 is 0 Å². The Labute approximate surface area is 80.3 Å². The Morgan fingerprint density at radius 1 is 1.38 bits per heavy atom. The Morgan fingerprint density at radius 2 is 2.08 bits per heavy atom. The maximum atomic E-state index is 12.2. The number of aliphatic hydroxyl groups excluding tert-OH is 1. The van der Waals surface area contributed by atoms with Gasteiger partial charge in [0.15, 0.2) is 0 Å². The molecule has 2 heteroatoms. The van der Waals surface area contributed by atoms with Gasteiger partial charge in [0.2, 0.25) is 0 Å². The van der Waals surface area contributed by atoms with E-state index in [1.165, 1.54) is 0 Å². The number of rotatable bonds is 3. The summed E-state index contributed by atoms with van der Waals surface area (Å²) in [5.41, 5.74) is 0. The van der Waals surface area contributed by atoms with Crippen molar-refractivity contribution in [1.82, 2.24) is 0 Å². The topological polar surface area (TPSA) is 20.2 Å². The molecular weight excluding hydrogens is 167 g/mol. The predicted octanol–water partition coefficient (Wildman–Crippen LogP) is 2.78. The summed E-state index contributed by atoms with van der Waals surface area (Å²) in [7, 11) is 0. The van der Waals surface area contributed by atoms with E-state index in [0.717, 1.165) is 19.3 Å². The van der Waals surface area contributed by atoms with E-state index in [2.05, 4.69) is 13.8 Å². The van der Waals surface area contributed by atoms with Crippen molar-refractivity contribution in [1.29, 1.82) is 0 Å². The highest BCUT2D eigenvalue weighted by atomic mass is 19.1. The van der Waals surface area contributed by atoms with Crippen LogP contribution in [0.5, 0.6) is 0 Å². The van der Waals surface area contributed by atoms with E-state index in [-0.39, 0.29) is 18.7 Å². The van der Waals surface area contributed by atoms with Crippen LogP contribution in [0, 0.1) is 17.8 Å². The van der Waals surface area contributed by atoms with E-state index in [9.17, 15) is 9.50 Å². The van der Waals surface area contributed by atoms with Crippen molar-refractivity contribution < 1.29 is 9.50 Å². The third-order valence-electron chi connectivity index (χ3n) is 3.41. The maximum Gasteiger partial charge on any atom is 0.0898 e. The molecule has 0 heterocycles. The minimum Gasteiger partial charge on any atom is -0.393 e. The van der Waals surface area contributed by atoms with Crippen LogP contribution in [0.25, 0.3) is 0 Å². The second-order valence-electron chi connectivity index (χ2n) is 4.62. The second-order valence-corrected chi connectivity index (χ2v) is 4.62. The predicted molar refractivity (Wildman–Crippen MR) is 52.3 cm³/mol. The Balaban J connectivity index is 2.42. The molecule has 0 aromatic heterocycles. The second kappa shape index (κ2) is 4.94. The van der Waals surface area contributed by atoms with Crippen molar-refractivity contribution in [2.45, 2.75) is 45.6 Å². The first kappa shape index (κ1) is 11.0. The zero-order chi connectivity index (χ0) is 9.84. The van der Waals surface area contributed by atoms with Crippen molar-refractivity contribution in [3.8, 4) is 0 Å². The van der Waals surface area contributed by atoms with Crippen molar-refractivity contribution in [3.63, 3.8) is 0 Å². The summed E-state index contributed by atoms with van der Waals surface area (Å²) in [6.45, 7) is 4.15. The number of halogens is 1. The van der Waals surface area contributed by atoms with Crippen LogP contribution in [0.1, 0.15) is 39.5 Å². The van der Waals surface area contributed by atoms with Gasteiger partial charge in [0.25, 0.3) is 0 Å². The quantitative estimate of drug-likeness (QED) is 0.722. The highest BCUT2D eigenvalue weighted by molar-refractivity contribution is 4.80. The Morgan fingerprint density at radius 3 is 2.62 bits per heavy atom. The normalized spacial score (nSPS) is 35.3. The van der Waals surface area contributed by atoms with Gasteiger partial charge in [0, 0.05) is 0 Å². The molecule has 1 rings (SSSR count). The molecule has 1 aliphatic carbocycles. The van der Waals surface area contributed by atoms with Crippen LogP contribution < -0.4 is 0 Å². The largest absolute Gasteiger partial charge is 0.393 e.